The van der Waals surface area contributed by atoms with Crippen LogP contribution in [0, 0.1) is 17.1 Å². The second-order valence-corrected chi connectivity index (χ2v) is 4.08. The van der Waals surface area contributed by atoms with E-state index in [1.54, 1.807) is 0 Å². The van der Waals surface area contributed by atoms with Crippen molar-refractivity contribution in [3.05, 3.63) is 58.7 Å². The van der Waals surface area contributed by atoms with Crippen LogP contribution in [0.4, 0.5) is 28.9 Å². The largest absolute Gasteiger partial charge is 1.00 e. The van der Waals surface area contributed by atoms with Gasteiger partial charge in [-0.05, 0) is 24.3 Å². The van der Waals surface area contributed by atoms with Crippen LogP contribution in [0.1, 0.15) is 11.1 Å². The topological polar surface area (TPSA) is 58.1 Å². The molecule has 0 unspecified atom stereocenters. The maximum Gasteiger partial charge on any atom is 1.00 e. The molecule has 108 valence electrons. The first-order chi connectivity index (χ1) is 9.81. The molecule has 0 amide bonds. The summed E-state index contributed by atoms with van der Waals surface area (Å²) in [7, 11) is 0. The second kappa shape index (κ2) is 7.44. The molecule has 0 aromatic heterocycles. The Hall–Kier alpha value is -1.11. The van der Waals surface area contributed by atoms with Gasteiger partial charge in [0.2, 0.25) is 0 Å². The Morgan fingerprint density at radius 1 is 1.09 bits per heavy atom. The first-order valence-electron chi connectivity index (χ1n) is 5.63. The zero-order valence-electron chi connectivity index (χ0n) is 11.3. The zero-order chi connectivity index (χ0) is 15.6. The van der Waals surface area contributed by atoms with E-state index in [2.05, 4.69) is 5.32 Å². The fraction of sp³-hybridized carbons (Fsp3) is 0.0714. The van der Waals surface area contributed by atoms with E-state index in [9.17, 15) is 22.7 Å². The average Bonchev–Trinajstić information content (AvgIpc) is 2.41. The number of hydrogen-bond acceptors (Lipinski definition) is 2. The third-order valence-electron chi connectivity index (χ3n) is 2.62. The molecule has 2 rings (SSSR count). The maximum atomic E-state index is 13.0. The van der Waals surface area contributed by atoms with Crippen molar-refractivity contribution >= 4 is 11.4 Å². The van der Waals surface area contributed by atoms with Crippen molar-refractivity contribution < 1.29 is 74.1 Å². The Balaban J connectivity index is 0.00000242. The summed E-state index contributed by atoms with van der Waals surface area (Å²) in [6, 6.07) is 7.13. The van der Waals surface area contributed by atoms with Crippen molar-refractivity contribution in [1.82, 2.24) is 0 Å². The molecular formula is C14H7F4KN2O. The smallest absolute Gasteiger partial charge is 0.655 e. The van der Waals surface area contributed by atoms with Crippen molar-refractivity contribution in [2.45, 2.75) is 6.18 Å². The van der Waals surface area contributed by atoms with Gasteiger partial charge in [-0.2, -0.15) is 18.4 Å². The van der Waals surface area contributed by atoms with E-state index in [4.69, 9.17) is 5.26 Å². The predicted octanol–water partition coefficient (Wildman–Crippen LogP) is 1.76. The van der Waals surface area contributed by atoms with E-state index in [0.29, 0.717) is 6.07 Å². The van der Waals surface area contributed by atoms with Gasteiger partial charge in [-0.15, -0.1) is 5.69 Å². The molecule has 0 atom stereocenters. The minimum absolute atomic E-state index is 0. The molecule has 0 spiro atoms. The van der Waals surface area contributed by atoms with Gasteiger partial charge >= 0.3 is 57.6 Å². The van der Waals surface area contributed by atoms with Crippen molar-refractivity contribution in [3.8, 4) is 11.8 Å². The van der Waals surface area contributed by atoms with Crippen LogP contribution >= 0.6 is 0 Å². The first-order valence-corrected chi connectivity index (χ1v) is 5.63. The average molecular weight is 334 g/mol. The van der Waals surface area contributed by atoms with Crippen molar-refractivity contribution in [2.24, 2.45) is 0 Å². The third kappa shape index (κ3) is 4.44. The Bertz CT molecular complexity index is 726. The van der Waals surface area contributed by atoms with Crippen molar-refractivity contribution in [1.29, 1.82) is 5.26 Å². The van der Waals surface area contributed by atoms with E-state index < -0.39 is 23.1 Å². The summed E-state index contributed by atoms with van der Waals surface area (Å²) in [4.78, 5) is 0. The number of hydrogen-bond donors (Lipinski definition) is 1. The molecule has 0 fully saturated rings. The Morgan fingerprint density at radius 3 is 2.36 bits per heavy atom. The summed E-state index contributed by atoms with van der Waals surface area (Å²) >= 11 is 0. The normalized spacial score (nSPS) is 10.5. The molecule has 0 heterocycles. The molecule has 22 heavy (non-hydrogen) atoms. The molecule has 2 aromatic rings. The van der Waals surface area contributed by atoms with Crippen molar-refractivity contribution in [3.63, 3.8) is 0 Å². The molecule has 0 radical (unpaired) electrons. The van der Waals surface area contributed by atoms with E-state index >= 15 is 0 Å². The molecule has 0 aliphatic rings. The number of phenols is 1. The molecule has 1 N–H and O–H groups in total. The van der Waals surface area contributed by atoms with Gasteiger partial charge in [-0.1, -0.05) is 17.8 Å². The monoisotopic (exact) mass is 334 g/mol. The second-order valence-electron chi connectivity index (χ2n) is 4.08. The Morgan fingerprint density at radius 2 is 1.77 bits per heavy atom. The van der Waals surface area contributed by atoms with Gasteiger partial charge in [-0.25, -0.2) is 4.39 Å². The van der Waals surface area contributed by atoms with Crippen LogP contribution in [-0.4, -0.2) is 5.11 Å². The van der Waals surface area contributed by atoms with Crippen LogP contribution in [0.5, 0.6) is 5.75 Å². The van der Waals surface area contributed by atoms with Crippen LogP contribution < -0.4 is 51.4 Å². The molecule has 0 aliphatic heterocycles. The van der Waals surface area contributed by atoms with Crippen LogP contribution in [0.25, 0.3) is 5.32 Å². The van der Waals surface area contributed by atoms with Crippen LogP contribution in [0.3, 0.4) is 0 Å². The fourth-order valence-corrected chi connectivity index (χ4v) is 1.67. The number of benzene rings is 2. The van der Waals surface area contributed by atoms with Gasteiger partial charge in [0.25, 0.3) is 0 Å². The van der Waals surface area contributed by atoms with E-state index in [0.717, 1.165) is 30.3 Å². The molecule has 0 bridgehead atoms. The molecule has 0 aliphatic carbocycles. The van der Waals surface area contributed by atoms with Crippen molar-refractivity contribution in [2.75, 3.05) is 0 Å². The third-order valence-corrected chi connectivity index (χ3v) is 2.62. The zero-order valence-corrected chi connectivity index (χ0v) is 14.4. The molecule has 8 heteroatoms. The molecule has 2 aromatic carbocycles. The van der Waals surface area contributed by atoms with E-state index in [1.807, 2.05) is 0 Å². The first kappa shape index (κ1) is 18.9. The van der Waals surface area contributed by atoms with E-state index in [-0.39, 0.29) is 68.5 Å². The Kier molecular flexibility index (Phi) is 6.40. The van der Waals surface area contributed by atoms with Gasteiger partial charge in [0.05, 0.1) is 17.2 Å². The number of phenolic OH excluding ortho intramolecular Hbond substituents is 1. The molecular weight excluding hydrogens is 327 g/mol. The minimum atomic E-state index is -4.65. The van der Waals surface area contributed by atoms with E-state index in [1.165, 1.54) is 6.07 Å². The minimum Gasteiger partial charge on any atom is -0.655 e. The molecule has 0 saturated carbocycles. The molecule has 3 nitrogen and oxygen atoms in total. The summed E-state index contributed by atoms with van der Waals surface area (Å²) in [5.74, 6) is -0.978. The van der Waals surface area contributed by atoms with Gasteiger partial charge in [0, 0.05) is 0 Å². The van der Waals surface area contributed by atoms with Gasteiger partial charge in [0.1, 0.15) is 11.6 Å². The number of nitrogens with zero attached hydrogens (tertiary/aromatic N) is 2. The quantitative estimate of drug-likeness (QED) is 0.672. The summed E-state index contributed by atoms with van der Waals surface area (Å²) in [5, 5.41) is 22.1. The van der Waals surface area contributed by atoms with Gasteiger partial charge in [0.15, 0.2) is 0 Å². The molecule has 0 saturated heterocycles. The number of alkyl halides is 3. The maximum absolute atomic E-state index is 13.0. The van der Waals surface area contributed by atoms with Gasteiger partial charge in [-0.3, -0.25) is 0 Å². The number of rotatable bonds is 2. The summed E-state index contributed by atoms with van der Waals surface area (Å²) in [6.45, 7) is 0. The number of aromatic hydroxyl groups is 1. The summed E-state index contributed by atoms with van der Waals surface area (Å²) in [5.41, 5.74) is -1.81. The van der Waals surface area contributed by atoms with Gasteiger partial charge < -0.3 is 10.4 Å². The SMILES string of the molecule is N#Cc1cc([N-]c2cc(F)ccc2O)ccc1C(F)(F)F.[K+]. The predicted molar refractivity (Wildman–Crippen MR) is 66.9 cm³/mol. The Labute approximate surface area is 166 Å². The number of nitriles is 1. The standard InChI is InChI=1S/C14H7F4N2O.K/c15-9-1-4-13(21)12(6-9)20-10-2-3-11(14(16,17)18)8(5-10)7-19;/h1-6,21H;/q-1;+1. The van der Waals surface area contributed by atoms with Crippen LogP contribution in [-0.2, 0) is 6.18 Å². The summed E-state index contributed by atoms with van der Waals surface area (Å²) in [6.07, 6.45) is -4.65. The summed E-state index contributed by atoms with van der Waals surface area (Å²) < 4.78 is 51.0. The van der Waals surface area contributed by atoms with Crippen LogP contribution in [0.2, 0.25) is 0 Å². The van der Waals surface area contributed by atoms with Crippen LogP contribution in [0.15, 0.2) is 36.4 Å². The fourth-order valence-electron chi connectivity index (χ4n) is 1.67. The number of halogens is 4.